The molecule has 0 heterocycles. The first-order valence-corrected chi connectivity index (χ1v) is 5.20. The van der Waals surface area contributed by atoms with Gasteiger partial charge >= 0.3 is 0 Å². The second-order valence-corrected chi connectivity index (χ2v) is 3.88. The third kappa shape index (κ3) is 2.06. The van der Waals surface area contributed by atoms with Crippen LogP contribution in [0, 0.1) is 0 Å². The van der Waals surface area contributed by atoms with E-state index in [1.165, 1.54) is 36.4 Å². The molecule has 0 spiro atoms. The number of rotatable bonds is 2. The van der Waals surface area contributed by atoms with Crippen LogP contribution in [0.25, 0.3) is 0 Å². The number of nitrogen functional groups attached to an aromatic ring is 2. The highest BCUT2D eigenvalue weighted by atomic mass is 16.3. The summed E-state index contributed by atoms with van der Waals surface area (Å²) in [5.74, 6) is -0.429. The third-order valence-corrected chi connectivity index (χ3v) is 2.58. The van der Waals surface area contributed by atoms with E-state index >= 15 is 0 Å². The molecule has 0 amide bonds. The van der Waals surface area contributed by atoms with E-state index in [4.69, 9.17) is 11.5 Å². The smallest absolute Gasteiger partial charge is 0.193 e. The largest absolute Gasteiger partial charge is 0.506 e. The zero-order valence-electron chi connectivity index (χ0n) is 9.42. The summed E-state index contributed by atoms with van der Waals surface area (Å²) in [6, 6.07) is 8.42. The van der Waals surface area contributed by atoms with E-state index in [2.05, 4.69) is 0 Å². The van der Waals surface area contributed by atoms with Gasteiger partial charge in [-0.05, 0) is 36.4 Å². The number of aromatic hydroxyl groups is 2. The van der Waals surface area contributed by atoms with E-state index in [9.17, 15) is 15.0 Å². The molecule has 0 fully saturated rings. The Bertz CT molecular complexity index is 570. The van der Waals surface area contributed by atoms with Gasteiger partial charge in [0.05, 0.1) is 11.4 Å². The van der Waals surface area contributed by atoms with E-state index in [0.717, 1.165) is 0 Å². The molecule has 6 N–H and O–H groups in total. The number of carbonyl (C=O) groups is 1. The molecule has 92 valence electrons. The lowest BCUT2D eigenvalue weighted by atomic mass is 10.0. The molecule has 5 nitrogen and oxygen atoms in total. The van der Waals surface area contributed by atoms with Crippen LogP contribution in [0.4, 0.5) is 11.4 Å². The van der Waals surface area contributed by atoms with Crippen molar-refractivity contribution < 1.29 is 15.0 Å². The summed E-state index contributed by atoms with van der Waals surface area (Å²) in [6.45, 7) is 0. The number of phenolic OH excluding ortho intramolecular Hbond substituents is 2. The average molecular weight is 244 g/mol. The monoisotopic (exact) mass is 244 g/mol. The van der Waals surface area contributed by atoms with Gasteiger partial charge in [-0.15, -0.1) is 0 Å². The molecule has 0 aliphatic rings. The summed E-state index contributed by atoms with van der Waals surface area (Å²) < 4.78 is 0. The zero-order valence-corrected chi connectivity index (χ0v) is 9.42. The highest BCUT2D eigenvalue weighted by Gasteiger charge is 2.12. The maximum Gasteiger partial charge on any atom is 0.193 e. The minimum absolute atomic E-state index is 0.0724. The third-order valence-electron chi connectivity index (χ3n) is 2.58. The van der Waals surface area contributed by atoms with Crippen LogP contribution in [-0.4, -0.2) is 16.0 Å². The van der Waals surface area contributed by atoms with Gasteiger partial charge in [0.2, 0.25) is 0 Å². The average Bonchev–Trinajstić information content (AvgIpc) is 2.35. The Labute approximate surface area is 103 Å². The molecule has 5 heteroatoms. The van der Waals surface area contributed by atoms with Gasteiger partial charge in [-0.3, -0.25) is 4.79 Å². The van der Waals surface area contributed by atoms with E-state index in [1.54, 1.807) is 0 Å². The normalized spacial score (nSPS) is 10.2. The number of ketones is 1. The maximum absolute atomic E-state index is 12.1. The van der Waals surface area contributed by atoms with Gasteiger partial charge in [0, 0.05) is 11.1 Å². The standard InChI is InChI=1S/C13H12N2O3/c14-9-5-7(1-3-11(9)16)13(18)8-2-4-12(17)10(15)6-8/h1-6,16-17H,14-15H2. The summed E-state index contributed by atoms with van der Waals surface area (Å²) in [6.07, 6.45) is 0. The molecule has 0 radical (unpaired) electrons. The van der Waals surface area contributed by atoms with Crippen molar-refractivity contribution in [3.05, 3.63) is 47.5 Å². The molecule has 2 rings (SSSR count). The van der Waals surface area contributed by atoms with E-state index in [-0.39, 0.29) is 28.7 Å². The van der Waals surface area contributed by atoms with Crippen LogP contribution in [-0.2, 0) is 0 Å². The predicted molar refractivity (Wildman–Crippen MR) is 68.5 cm³/mol. The first-order valence-electron chi connectivity index (χ1n) is 5.20. The summed E-state index contributed by atoms with van der Waals surface area (Å²) in [4.78, 5) is 12.1. The van der Waals surface area contributed by atoms with Gasteiger partial charge in [-0.2, -0.15) is 0 Å². The van der Waals surface area contributed by atoms with Gasteiger partial charge in [0.1, 0.15) is 11.5 Å². The van der Waals surface area contributed by atoms with E-state index in [1.807, 2.05) is 0 Å². The quantitative estimate of drug-likeness (QED) is 0.363. The van der Waals surface area contributed by atoms with Crippen LogP contribution >= 0.6 is 0 Å². The number of carbonyl (C=O) groups excluding carboxylic acids is 1. The lowest BCUT2D eigenvalue weighted by Crippen LogP contribution is -2.03. The van der Waals surface area contributed by atoms with Crippen LogP contribution in [0.2, 0.25) is 0 Å². The van der Waals surface area contributed by atoms with Crippen molar-refractivity contribution >= 4 is 17.2 Å². The van der Waals surface area contributed by atoms with E-state index in [0.29, 0.717) is 11.1 Å². The molecular weight excluding hydrogens is 232 g/mol. The minimum Gasteiger partial charge on any atom is -0.506 e. The van der Waals surface area contributed by atoms with Crippen molar-refractivity contribution in [2.75, 3.05) is 11.5 Å². The number of hydrogen-bond donors (Lipinski definition) is 4. The Morgan fingerprint density at radius 2 is 1.22 bits per heavy atom. The van der Waals surface area contributed by atoms with Gasteiger partial charge in [0.15, 0.2) is 5.78 Å². The van der Waals surface area contributed by atoms with Crippen molar-refractivity contribution in [1.82, 2.24) is 0 Å². The molecule has 2 aromatic rings. The number of nitrogens with two attached hydrogens (primary N) is 2. The van der Waals surface area contributed by atoms with Gasteiger partial charge < -0.3 is 21.7 Å². The molecule has 0 aromatic heterocycles. The van der Waals surface area contributed by atoms with Crippen molar-refractivity contribution in [2.24, 2.45) is 0 Å². The summed E-state index contributed by atoms with van der Waals surface area (Å²) >= 11 is 0. The summed E-state index contributed by atoms with van der Waals surface area (Å²) in [5.41, 5.74) is 12.0. The zero-order chi connectivity index (χ0) is 13.3. The molecule has 18 heavy (non-hydrogen) atoms. The van der Waals surface area contributed by atoms with Crippen LogP contribution in [0.1, 0.15) is 15.9 Å². The summed E-state index contributed by atoms with van der Waals surface area (Å²) in [7, 11) is 0. The minimum atomic E-state index is -0.284. The lowest BCUT2D eigenvalue weighted by molar-refractivity contribution is 0.103. The molecule has 2 aromatic carbocycles. The first kappa shape index (κ1) is 11.8. The number of hydrogen-bond acceptors (Lipinski definition) is 5. The number of anilines is 2. The second-order valence-electron chi connectivity index (χ2n) is 3.88. The molecule has 0 aliphatic carbocycles. The SMILES string of the molecule is Nc1cc(C(=O)c2ccc(O)c(N)c2)ccc1O. The highest BCUT2D eigenvalue weighted by Crippen LogP contribution is 2.25. The van der Waals surface area contributed by atoms with Crippen LogP contribution in [0.3, 0.4) is 0 Å². The van der Waals surface area contributed by atoms with Crippen molar-refractivity contribution in [2.45, 2.75) is 0 Å². The molecule has 0 bridgehead atoms. The fraction of sp³-hybridized carbons (Fsp3) is 0. The maximum atomic E-state index is 12.1. The predicted octanol–water partition coefficient (Wildman–Crippen LogP) is 1.49. The Morgan fingerprint density at radius 3 is 1.56 bits per heavy atom. The second kappa shape index (κ2) is 4.29. The van der Waals surface area contributed by atoms with Crippen LogP contribution in [0.15, 0.2) is 36.4 Å². The Kier molecular flexibility index (Phi) is 2.81. The Hall–Kier alpha value is -2.69. The first-order chi connectivity index (χ1) is 8.49. The Morgan fingerprint density at radius 1 is 0.833 bits per heavy atom. The van der Waals surface area contributed by atoms with E-state index < -0.39 is 0 Å². The summed E-state index contributed by atoms with van der Waals surface area (Å²) in [5, 5.41) is 18.6. The van der Waals surface area contributed by atoms with Crippen molar-refractivity contribution in [3.8, 4) is 11.5 Å². The fourth-order valence-electron chi connectivity index (χ4n) is 1.56. The van der Waals surface area contributed by atoms with Gasteiger partial charge in [-0.25, -0.2) is 0 Å². The molecule has 0 atom stereocenters. The fourth-order valence-corrected chi connectivity index (χ4v) is 1.56. The number of phenols is 2. The number of benzene rings is 2. The molecule has 0 unspecified atom stereocenters. The van der Waals surface area contributed by atoms with Gasteiger partial charge in [0.25, 0.3) is 0 Å². The lowest BCUT2D eigenvalue weighted by Gasteiger charge is -2.05. The van der Waals surface area contributed by atoms with Gasteiger partial charge in [-0.1, -0.05) is 0 Å². The molecule has 0 saturated heterocycles. The molecule has 0 saturated carbocycles. The Balaban J connectivity index is 2.41. The molecule has 0 aliphatic heterocycles. The molecular formula is C13H12N2O3. The van der Waals surface area contributed by atoms with Crippen molar-refractivity contribution in [3.63, 3.8) is 0 Å². The van der Waals surface area contributed by atoms with Crippen molar-refractivity contribution in [1.29, 1.82) is 0 Å². The highest BCUT2D eigenvalue weighted by molar-refractivity contribution is 6.10. The van der Waals surface area contributed by atoms with Crippen LogP contribution < -0.4 is 11.5 Å². The topological polar surface area (TPSA) is 110 Å². The van der Waals surface area contributed by atoms with Crippen LogP contribution in [0.5, 0.6) is 11.5 Å².